The second-order valence-corrected chi connectivity index (χ2v) is 10.4. The number of aldehydes is 1. The van der Waals surface area contributed by atoms with Crippen molar-refractivity contribution in [1.82, 2.24) is 10.3 Å². The van der Waals surface area contributed by atoms with Gasteiger partial charge in [0.25, 0.3) is 0 Å². The van der Waals surface area contributed by atoms with Gasteiger partial charge in [0.1, 0.15) is 12.0 Å². The van der Waals surface area contributed by atoms with E-state index in [4.69, 9.17) is 4.74 Å². The highest BCUT2D eigenvalue weighted by Gasteiger charge is 2.45. The summed E-state index contributed by atoms with van der Waals surface area (Å²) in [6.45, 7) is 5.28. The van der Waals surface area contributed by atoms with Crippen LogP contribution in [-0.4, -0.2) is 17.4 Å². The molecule has 1 atom stereocenters. The third kappa shape index (κ3) is 5.48. The zero-order chi connectivity index (χ0) is 24.3. The third-order valence-electron chi connectivity index (χ3n) is 7.60. The Hall–Kier alpha value is -2.98. The fourth-order valence-electron chi connectivity index (χ4n) is 4.96. The van der Waals surface area contributed by atoms with Gasteiger partial charge in [0.2, 0.25) is 0 Å². The van der Waals surface area contributed by atoms with Crippen molar-refractivity contribution in [2.45, 2.75) is 82.9 Å². The van der Waals surface area contributed by atoms with E-state index in [9.17, 15) is 4.79 Å². The van der Waals surface area contributed by atoms with Crippen LogP contribution in [0, 0.1) is 6.92 Å². The van der Waals surface area contributed by atoms with Crippen LogP contribution in [0.5, 0.6) is 5.75 Å². The average Bonchev–Trinajstić information content (AvgIpc) is 3.81. The molecule has 0 amide bonds. The minimum absolute atomic E-state index is 0.0473. The summed E-state index contributed by atoms with van der Waals surface area (Å²) < 4.78 is 6.25. The first-order valence-corrected chi connectivity index (χ1v) is 13.1. The van der Waals surface area contributed by atoms with Gasteiger partial charge in [0.15, 0.2) is 0 Å². The lowest BCUT2D eigenvalue weighted by Crippen LogP contribution is -2.29. The van der Waals surface area contributed by atoms with E-state index in [-0.39, 0.29) is 5.54 Å². The average molecular weight is 469 g/mol. The van der Waals surface area contributed by atoms with Gasteiger partial charge in [-0.2, -0.15) is 0 Å². The molecule has 2 aliphatic carbocycles. The maximum absolute atomic E-state index is 10.7. The summed E-state index contributed by atoms with van der Waals surface area (Å²) in [4.78, 5) is 15.2. The third-order valence-corrected chi connectivity index (χ3v) is 7.60. The molecule has 2 aromatic carbocycles. The quantitative estimate of drug-likeness (QED) is 0.233. The van der Waals surface area contributed by atoms with Gasteiger partial charge in [0, 0.05) is 36.5 Å². The van der Waals surface area contributed by atoms with Crippen LogP contribution in [-0.2, 0) is 16.9 Å². The predicted molar refractivity (Wildman–Crippen MR) is 141 cm³/mol. The normalized spacial score (nSPS) is 17.1. The summed E-state index contributed by atoms with van der Waals surface area (Å²) in [6, 6.07) is 17.4. The Kier molecular flexibility index (Phi) is 7.01. The number of rotatable bonds is 12. The molecule has 1 aromatic heterocycles. The number of unbranched alkanes of at least 4 members (excludes halogenated alkanes) is 1. The fraction of sp³-hybridized carbons (Fsp3) is 0.419. The molecule has 0 radical (unpaired) electrons. The number of carbonyl (C=O) groups excluding carboxylic acids is 1. The van der Waals surface area contributed by atoms with E-state index < -0.39 is 0 Å². The monoisotopic (exact) mass is 468 g/mol. The lowest BCUT2D eigenvalue weighted by Gasteiger charge is -2.23. The Balaban J connectivity index is 1.36. The maximum Gasteiger partial charge on any atom is 0.127 e. The van der Waals surface area contributed by atoms with Crippen molar-refractivity contribution in [3.05, 3.63) is 83.2 Å². The maximum atomic E-state index is 10.7. The van der Waals surface area contributed by atoms with Gasteiger partial charge in [0.05, 0.1) is 6.10 Å². The number of hydrogen-bond acceptors (Lipinski definition) is 4. The first kappa shape index (κ1) is 23.7. The summed E-state index contributed by atoms with van der Waals surface area (Å²) >= 11 is 0. The molecule has 2 saturated carbocycles. The molecule has 0 bridgehead atoms. The molecule has 1 heterocycles. The van der Waals surface area contributed by atoms with E-state index in [1.54, 1.807) is 0 Å². The number of benzene rings is 2. The van der Waals surface area contributed by atoms with Crippen LogP contribution in [0.4, 0.5) is 0 Å². The Morgan fingerprint density at radius 2 is 1.97 bits per heavy atom. The molecule has 0 saturated heterocycles. The minimum Gasteiger partial charge on any atom is -0.490 e. The second kappa shape index (κ2) is 10.3. The van der Waals surface area contributed by atoms with Gasteiger partial charge in [-0.25, -0.2) is 0 Å². The second-order valence-electron chi connectivity index (χ2n) is 10.4. The predicted octanol–water partition coefficient (Wildman–Crippen LogP) is 6.85. The zero-order valence-electron chi connectivity index (χ0n) is 20.9. The number of aromatic nitrogens is 1. The standard InChI is InChI=1S/C31H36N2O2/c1-22(7-5-6-18-34)24-11-10-23(2)25(19-24)20-33-31(15-16-31)29-21-32-17-14-27(29)28-8-3-4-9-30(28)35-26-12-13-26/h3-4,8-11,14,17-19,21-22,26,33H,5-7,12-13,15-16,20H2,1-2H3. The number of carbonyl (C=O) groups is 1. The first-order chi connectivity index (χ1) is 17.1. The van der Waals surface area contributed by atoms with E-state index in [2.05, 4.69) is 72.7 Å². The molecule has 182 valence electrons. The van der Waals surface area contributed by atoms with Crippen molar-refractivity contribution in [1.29, 1.82) is 0 Å². The molecular weight excluding hydrogens is 432 g/mol. The minimum atomic E-state index is -0.0473. The number of nitrogens with one attached hydrogen (secondary N) is 1. The molecule has 2 fully saturated rings. The molecular formula is C31H36N2O2. The van der Waals surface area contributed by atoms with Crippen molar-refractivity contribution in [2.75, 3.05) is 0 Å². The lowest BCUT2D eigenvalue weighted by molar-refractivity contribution is -0.107. The van der Waals surface area contributed by atoms with Crippen LogP contribution < -0.4 is 10.1 Å². The largest absolute Gasteiger partial charge is 0.490 e. The number of nitrogens with zero attached hydrogens (tertiary/aromatic N) is 1. The zero-order valence-corrected chi connectivity index (χ0v) is 20.9. The Morgan fingerprint density at radius 3 is 2.74 bits per heavy atom. The van der Waals surface area contributed by atoms with Crippen LogP contribution in [0.3, 0.4) is 0 Å². The SMILES string of the molecule is Cc1ccc(C(C)CCCC=O)cc1CNC1(c2cnccc2-c2ccccc2OC2CC2)CC1. The molecule has 4 nitrogen and oxygen atoms in total. The summed E-state index contributed by atoms with van der Waals surface area (Å²) in [5, 5.41) is 3.92. The van der Waals surface area contributed by atoms with Gasteiger partial charge in [-0.1, -0.05) is 43.3 Å². The molecule has 3 aromatic rings. The summed E-state index contributed by atoms with van der Waals surface area (Å²) in [5.41, 5.74) is 7.61. The molecule has 1 unspecified atom stereocenters. The van der Waals surface area contributed by atoms with E-state index in [0.717, 1.165) is 62.7 Å². The van der Waals surface area contributed by atoms with E-state index in [1.807, 2.05) is 12.4 Å². The number of ether oxygens (including phenoxy) is 1. The van der Waals surface area contributed by atoms with Crippen LogP contribution in [0.15, 0.2) is 60.9 Å². The van der Waals surface area contributed by atoms with E-state index >= 15 is 0 Å². The van der Waals surface area contributed by atoms with Gasteiger partial charge in [-0.3, -0.25) is 4.98 Å². The topological polar surface area (TPSA) is 51.2 Å². The Bertz CT molecular complexity index is 1180. The highest BCUT2D eigenvalue weighted by atomic mass is 16.5. The van der Waals surface area contributed by atoms with Crippen LogP contribution in [0.2, 0.25) is 0 Å². The van der Waals surface area contributed by atoms with Crippen molar-refractivity contribution in [3.8, 4) is 16.9 Å². The van der Waals surface area contributed by atoms with E-state index in [1.165, 1.54) is 27.8 Å². The van der Waals surface area contributed by atoms with Crippen LogP contribution in [0.25, 0.3) is 11.1 Å². The summed E-state index contributed by atoms with van der Waals surface area (Å²) in [5.74, 6) is 1.43. The van der Waals surface area contributed by atoms with Gasteiger partial charge in [-0.05, 0) is 91.3 Å². The highest BCUT2D eigenvalue weighted by molar-refractivity contribution is 5.74. The fourth-order valence-corrected chi connectivity index (χ4v) is 4.96. The summed E-state index contributed by atoms with van der Waals surface area (Å²) in [7, 11) is 0. The number of para-hydroxylation sites is 1. The molecule has 5 rings (SSSR count). The van der Waals surface area contributed by atoms with E-state index in [0.29, 0.717) is 18.4 Å². The van der Waals surface area contributed by atoms with Crippen LogP contribution in [0.1, 0.15) is 80.0 Å². The molecule has 4 heteroatoms. The van der Waals surface area contributed by atoms with Crippen molar-refractivity contribution < 1.29 is 9.53 Å². The number of pyridine rings is 1. The van der Waals surface area contributed by atoms with Crippen LogP contribution >= 0.6 is 0 Å². The number of aryl methyl sites for hydroxylation is 1. The van der Waals surface area contributed by atoms with Gasteiger partial charge in [-0.15, -0.1) is 0 Å². The Labute approximate surface area is 209 Å². The lowest BCUT2D eigenvalue weighted by atomic mass is 9.92. The molecule has 0 aliphatic heterocycles. The van der Waals surface area contributed by atoms with Gasteiger partial charge < -0.3 is 14.8 Å². The highest BCUT2D eigenvalue weighted by Crippen LogP contribution is 2.50. The first-order valence-electron chi connectivity index (χ1n) is 13.1. The smallest absolute Gasteiger partial charge is 0.127 e. The van der Waals surface area contributed by atoms with Crippen molar-refractivity contribution in [2.24, 2.45) is 0 Å². The molecule has 2 aliphatic rings. The van der Waals surface area contributed by atoms with Crippen molar-refractivity contribution >= 4 is 6.29 Å². The van der Waals surface area contributed by atoms with Gasteiger partial charge >= 0.3 is 0 Å². The molecule has 0 spiro atoms. The molecule has 35 heavy (non-hydrogen) atoms. The van der Waals surface area contributed by atoms with Crippen molar-refractivity contribution in [3.63, 3.8) is 0 Å². The Morgan fingerprint density at radius 1 is 1.14 bits per heavy atom. The number of hydrogen-bond donors (Lipinski definition) is 1. The summed E-state index contributed by atoms with van der Waals surface area (Å²) in [6.07, 6.45) is 12.5. The molecule has 1 N–H and O–H groups in total.